The van der Waals surface area contributed by atoms with Gasteiger partial charge in [0, 0.05) is 43.0 Å². The summed E-state index contributed by atoms with van der Waals surface area (Å²) >= 11 is 0. The van der Waals surface area contributed by atoms with Gasteiger partial charge >= 0.3 is 5.97 Å². The molecule has 1 aliphatic rings. The summed E-state index contributed by atoms with van der Waals surface area (Å²) in [6.45, 7) is 2.98. The second-order valence-electron chi connectivity index (χ2n) is 7.63. The Morgan fingerprint density at radius 2 is 1.94 bits per heavy atom. The highest BCUT2D eigenvalue weighted by Crippen LogP contribution is 2.37. The van der Waals surface area contributed by atoms with Gasteiger partial charge in [-0.3, -0.25) is 9.67 Å². The first-order valence-corrected chi connectivity index (χ1v) is 10.3. The number of rotatable bonds is 5. The van der Waals surface area contributed by atoms with Gasteiger partial charge in [-0.2, -0.15) is 5.10 Å². The lowest BCUT2D eigenvalue weighted by Gasteiger charge is -2.23. The summed E-state index contributed by atoms with van der Waals surface area (Å²) in [4.78, 5) is 18.2. The zero-order valence-corrected chi connectivity index (χ0v) is 17.4. The second-order valence-corrected chi connectivity index (χ2v) is 7.63. The van der Waals surface area contributed by atoms with Crippen LogP contribution in [0, 0.1) is 0 Å². The summed E-state index contributed by atoms with van der Waals surface area (Å²) in [5.41, 5.74) is 6.97. The minimum Gasteiger partial charge on any atom is -0.478 e. The van der Waals surface area contributed by atoms with Gasteiger partial charge in [-0.25, -0.2) is 4.79 Å². The standard InChI is InChI=1S/C25H22N4O2/c1-3-29(17-7-5-4-6-8-17)18-9-10-20-23(15-18)27-28(2)24(20)16-13-21-19(25(30)31)11-12-26-22(21)14-16/h4-12,14-15H,3,13H2,1-2H3,(H,30,31). The SMILES string of the molecule is CCN(c1ccccc1)c1ccc2c(C3=Cc4nccc(C(=O)O)c4C3)n(C)nc2c1. The molecule has 1 N–H and O–H groups in total. The Morgan fingerprint density at radius 3 is 2.68 bits per heavy atom. The van der Waals surface area contributed by atoms with Gasteiger partial charge in [0.2, 0.25) is 0 Å². The summed E-state index contributed by atoms with van der Waals surface area (Å²) in [6.07, 6.45) is 4.07. The minimum absolute atomic E-state index is 0.312. The predicted molar refractivity (Wildman–Crippen MR) is 123 cm³/mol. The molecule has 2 aromatic carbocycles. The Balaban J connectivity index is 1.56. The van der Waals surface area contributed by atoms with Gasteiger partial charge in [-0.1, -0.05) is 18.2 Å². The van der Waals surface area contributed by atoms with E-state index in [4.69, 9.17) is 5.10 Å². The molecule has 31 heavy (non-hydrogen) atoms. The number of carboxylic acids is 1. The second kappa shape index (κ2) is 7.40. The van der Waals surface area contributed by atoms with Crippen LogP contribution < -0.4 is 4.90 Å². The molecule has 0 bridgehead atoms. The fourth-order valence-electron chi connectivity index (χ4n) is 4.44. The smallest absolute Gasteiger partial charge is 0.336 e. The Bertz CT molecular complexity index is 1340. The summed E-state index contributed by atoms with van der Waals surface area (Å²) < 4.78 is 1.88. The van der Waals surface area contributed by atoms with E-state index in [1.54, 1.807) is 12.3 Å². The molecule has 0 fully saturated rings. The maximum atomic E-state index is 11.6. The number of pyridine rings is 1. The molecule has 1 aliphatic carbocycles. The van der Waals surface area contributed by atoms with Crippen LogP contribution in [0.15, 0.2) is 60.8 Å². The lowest BCUT2D eigenvalue weighted by Crippen LogP contribution is -2.15. The summed E-state index contributed by atoms with van der Waals surface area (Å²) in [7, 11) is 1.93. The van der Waals surface area contributed by atoms with E-state index in [-0.39, 0.29) is 0 Å². The highest BCUT2D eigenvalue weighted by molar-refractivity contribution is 6.01. The number of allylic oxidation sites excluding steroid dienone is 1. The topological polar surface area (TPSA) is 71.2 Å². The molecule has 6 heteroatoms. The van der Waals surface area contributed by atoms with Crippen molar-refractivity contribution in [3.63, 3.8) is 0 Å². The predicted octanol–water partition coefficient (Wildman–Crippen LogP) is 4.92. The zero-order valence-electron chi connectivity index (χ0n) is 17.4. The first kappa shape index (κ1) is 19.1. The van der Waals surface area contributed by atoms with Gasteiger partial charge in [0.15, 0.2) is 0 Å². The van der Waals surface area contributed by atoms with E-state index in [9.17, 15) is 9.90 Å². The number of fused-ring (bicyclic) bond motifs is 2. The van der Waals surface area contributed by atoms with Crippen molar-refractivity contribution in [3.05, 3.63) is 83.3 Å². The van der Waals surface area contributed by atoms with Crippen LogP contribution in [0.2, 0.25) is 0 Å². The maximum absolute atomic E-state index is 11.6. The average molecular weight is 410 g/mol. The minimum atomic E-state index is -0.923. The van der Waals surface area contributed by atoms with Gasteiger partial charge in [0.05, 0.1) is 22.5 Å². The number of aromatic carboxylic acids is 1. The number of para-hydroxylation sites is 1. The highest BCUT2D eigenvalue weighted by Gasteiger charge is 2.25. The van der Waals surface area contributed by atoms with Crippen molar-refractivity contribution in [3.8, 4) is 0 Å². The molecule has 0 radical (unpaired) electrons. The van der Waals surface area contributed by atoms with Gasteiger partial charge in [-0.05, 0) is 60.5 Å². The molecular weight excluding hydrogens is 388 g/mol. The number of carboxylic acid groups (broad SMARTS) is 1. The van der Waals surface area contributed by atoms with E-state index < -0.39 is 5.97 Å². The average Bonchev–Trinajstić information content (AvgIpc) is 3.34. The molecule has 2 heterocycles. The van der Waals surface area contributed by atoms with Crippen molar-refractivity contribution in [2.24, 2.45) is 7.05 Å². The Morgan fingerprint density at radius 1 is 1.13 bits per heavy atom. The van der Waals surface area contributed by atoms with E-state index in [1.807, 2.05) is 36.0 Å². The van der Waals surface area contributed by atoms with Crippen LogP contribution in [0.1, 0.15) is 34.2 Å². The van der Waals surface area contributed by atoms with Crippen LogP contribution in [0.4, 0.5) is 11.4 Å². The Labute approximate surface area is 180 Å². The van der Waals surface area contributed by atoms with Gasteiger partial charge in [0.1, 0.15) is 0 Å². The molecule has 5 rings (SSSR count). The zero-order chi connectivity index (χ0) is 21.5. The highest BCUT2D eigenvalue weighted by atomic mass is 16.4. The molecule has 0 saturated heterocycles. The first-order valence-electron chi connectivity index (χ1n) is 10.3. The monoisotopic (exact) mass is 410 g/mol. The van der Waals surface area contributed by atoms with Crippen LogP contribution in [-0.2, 0) is 13.5 Å². The fourth-order valence-corrected chi connectivity index (χ4v) is 4.44. The lowest BCUT2D eigenvalue weighted by atomic mass is 10.0. The maximum Gasteiger partial charge on any atom is 0.336 e. The molecule has 0 atom stereocenters. The summed E-state index contributed by atoms with van der Waals surface area (Å²) in [5, 5.41) is 15.3. The third kappa shape index (κ3) is 3.17. The van der Waals surface area contributed by atoms with Crippen LogP contribution in [0.3, 0.4) is 0 Å². The van der Waals surface area contributed by atoms with Crippen molar-refractivity contribution in [2.45, 2.75) is 13.3 Å². The number of aromatic nitrogens is 3. The third-order valence-corrected chi connectivity index (χ3v) is 5.82. The normalized spacial score (nSPS) is 12.6. The van der Waals surface area contributed by atoms with Crippen molar-refractivity contribution in [1.29, 1.82) is 0 Å². The van der Waals surface area contributed by atoms with E-state index >= 15 is 0 Å². The molecule has 6 nitrogen and oxygen atoms in total. The van der Waals surface area contributed by atoms with E-state index in [0.29, 0.717) is 12.0 Å². The van der Waals surface area contributed by atoms with Gasteiger partial charge in [0.25, 0.3) is 0 Å². The number of anilines is 2. The third-order valence-electron chi connectivity index (χ3n) is 5.82. The number of hydrogen-bond acceptors (Lipinski definition) is 4. The molecule has 4 aromatic rings. The van der Waals surface area contributed by atoms with E-state index in [2.05, 4.69) is 47.1 Å². The molecule has 0 unspecified atom stereocenters. The molecule has 2 aromatic heterocycles. The molecule has 0 spiro atoms. The van der Waals surface area contributed by atoms with Gasteiger partial charge < -0.3 is 10.0 Å². The molecule has 0 amide bonds. The summed E-state index contributed by atoms with van der Waals surface area (Å²) in [6, 6.07) is 18.2. The van der Waals surface area contributed by atoms with Crippen molar-refractivity contribution < 1.29 is 9.90 Å². The van der Waals surface area contributed by atoms with Crippen LogP contribution in [-0.4, -0.2) is 32.4 Å². The van der Waals surface area contributed by atoms with Crippen LogP contribution in [0.5, 0.6) is 0 Å². The van der Waals surface area contributed by atoms with Crippen molar-refractivity contribution >= 4 is 39.9 Å². The molecule has 0 saturated carbocycles. The molecular formula is C25H22N4O2. The number of nitrogens with zero attached hydrogens (tertiary/aromatic N) is 4. The lowest BCUT2D eigenvalue weighted by molar-refractivity contribution is 0.0695. The number of benzene rings is 2. The quantitative estimate of drug-likeness (QED) is 0.506. The van der Waals surface area contributed by atoms with Crippen LogP contribution in [0.25, 0.3) is 22.6 Å². The summed E-state index contributed by atoms with van der Waals surface area (Å²) in [5.74, 6) is -0.923. The first-order chi connectivity index (χ1) is 15.1. The fraction of sp³-hybridized carbons (Fsp3) is 0.160. The number of hydrogen-bond donors (Lipinski definition) is 1. The number of carbonyl (C=O) groups is 1. The van der Waals surface area contributed by atoms with Crippen molar-refractivity contribution in [1.82, 2.24) is 14.8 Å². The number of aryl methyl sites for hydroxylation is 1. The largest absolute Gasteiger partial charge is 0.478 e. The van der Waals surface area contributed by atoms with Crippen LogP contribution >= 0.6 is 0 Å². The van der Waals surface area contributed by atoms with E-state index in [1.165, 1.54) is 0 Å². The van der Waals surface area contributed by atoms with Crippen molar-refractivity contribution in [2.75, 3.05) is 11.4 Å². The molecule has 154 valence electrons. The van der Waals surface area contributed by atoms with Gasteiger partial charge in [-0.15, -0.1) is 0 Å². The Hall–Kier alpha value is -3.93. The molecule has 0 aliphatic heterocycles. The Kier molecular flexibility index (Phi) is 4.55. The van der Waals surface area contributed by atoms with E-state index in [0.717, 1.165) is 51.3 Å².